The van der Waals surface area contributed by atoms with Crippen molar-refractivity contribution >= 4 is 17.3 Å². The van der Waals surface area contributed by atoms with Gasteiger partial charge >= 0.3 is 0 Å². The minimum atomic E-state index is -0.516. The largest absolute Gasteiger partial charge is 0.497 e. The number of carbonyl (C=O) groups excluding carboxylic acids is 1. The summed E-state index contributed by atoms with van der Waals surface area (Å²) >= 11 is 0. The second-order valence-electron chi connectivity index (χ2n) is 6.04. The number of aromatic nitrogens is 1. The molecule has 0 unspecified atom stereocenters. The number of benzene rings is 2. The number of methoxy groups -OCH3 is 2. The van der Waals surface area contributed by atoms with Crippen LogP contribution in [-0.4, -0.2) is 30.0 Å². The third kappa shape index (κ3) is 4.89. The van der Waals surface area contributed by atoms with Gasteiger partial charge in [0.2, 0.25) is 5.91 Å². The number of nitro groups is 1. The van der Waals surface area contributed by atoms with Gasteiger partial charge in [-0.15, -0.1) is 0 Å². The number of aryl methyl sites for hydroxylation is 1. The normalized spacial score (nSPS) is 10.4. The average molecular weight is 397 g/mol. The number of amides is 1. The monoisotopic (exact) mass is 397 g/mol. The van der Waals surface area contributed by atoms with Gasteiger partial charge in [-0.05, 0) is 18.2 Å². The highest BCUT2D eigenvalue weighted by Gasteiger charge is 2.14. The van der Waals surface area contributed by atoms with Crippen molar-refractivity contribution in [3.8, 4) is 22.8 Å². The Morgan fingerprint density at radius 2 is 2.03 bits per heavy atom. The van der Waals surface area contributed by atoms with E-state index in [1.165, 1.54) is 18.2 Å². The number of rotatable bonds is 8. The van der Waals surface area contributed by atoms with Gasteiger partial charge in [0.25, 0.3) is 5.69 Å². The van der Waals surface area contributed by atoms with E-state index in [-0.39, 0.29) is 24.4 Å². The van der Waals surface area contributed by atoms with E-state index in [9.17, 15) is 14.9 Å². The summed E-state index contributed by atoms with van der Waals surface area (Å²) in [5.41, 5.74) is 0.988. The van der Waals surface area contributed by atoms with Crippen LogP contribution in [0.1, 0.15) is 12.3 Å². The lowest BCUT2D eigenvalue weighted by atomic mass is 10.1. The molecule has 0 saturated carbocycles. The zero-order chi connectivity index (χ0) is 20.8. The summed E-state index contributed by atoms with van der Waals surface area (Å²) in [6, 6.07) is 11.1. The molecule has 3 rings (SSSR count). The zero-order valence-corrected chi connectivity index (χ0v) is 15.9. The van der Waals surface area contributed by atoms with Crippen molar-refractivity contribution in [1.82, 2.24) is 4.98 Å². The third-order valence-corrected chi connectivity index (χ3v) is 4.13. The summed E-state index contributed by atoms with van der Waals surface area (Å²) < 4.78 is 16.3. The molecule has 9 heteroatoms. The molecule has 9 nitrogen and oxygen atoms in total. The second kappa shape index (κ2) is 8.87. The molecule has 2 aromatic carbocycles. The fourth-order valence-electron chi connectivity index (χ4n) is 2.69. The smallest absolute Gasteiger partial charge is 0.271 e. The molecular formula is C20H19N3O6. The predicted molar refractivity (Wildman–Crippen MR) is 105 cm³/mol. The van der Waals surface area contributed by atoms with Gasteiger partial charge < -0.3 is 19.2 Å². The molecule has 150 valence electrons. The minimum Gasteiger partial charge on any atom is -0.497 e. The van der Waals surface area contributed by atoms with Crippen molar-refractivity contribution in [2.45, 2.75) is 12.8 Å². The van der Waals surface area contributed by atoms with Crippen LogP contribution in [0.5, 0.6) is 11.5 Å². The van der Waals surface area contributed by atoms with Gasteiger partial charge in [-0.25, -0.2) is 4.98 Å². The van der Waals surface area contributed by atoms with Crippen LogP contribution in [0.15, 0.2) is 53.1 Å². The molecule has 3 aromatic rings. The van der Waals surface area contributed by atoms with Crippen LogP contribution in [0.25, 0.3) is 11.3 Å². The van der Waals surface area contributed by atoms with E-state index in [0.717, 1.165) is 0 Å². The van der Waals surface area contributed by atoms with E-state index in [0.29, 0.717) is 34.4 Å². The van der Waals surface area contributed by atoms with E-state index in [1.54, 1.807) is 44.7 Å². The van der Waals surface area contributed by atoms with Crippen LogP contribution in [0, 0.1) is 10.1 Å². The number of nitro benzene ring substituents is 1. The Labute approximate surface area is 166 Å². The highest BCUT2D eigenvalue weighted by Crippen LogP contribution is 2.33. The first-order chi connectivity index (χ1) is 14.0. The minimum absolute atomic E-state index is 0.0893. The molecule has 0 saturated heterocycles. The number of anilines is 1. The molecule has 1 aromatic heterocycles. The first-order valence-electron chi connectivity index (χ1n) is 8.71. The van der Waals surface area contributed by atoms with Gasteiger partial charge in [0.05, 0.1) is 30.9 Å². The van der Waals surface area contributed by atoms with E-state index >= 15 is 0 Å². The number of ether oxygens (including phenoxy) is 2. The lowest BCUT2D eigenvalue weighted by Crippen LogP contribution is -2.12. The number of non-ortho nitro benzene ring substituents is 1. The summed E-state index contributed by atoms with van der Waals surface area (Å²) in [6.45, 7) is 0. The first kappa shape index (κ1) is 19.9. The van der Waals surface area contributed by atoms with Crippen LogP contribution in [0.4, 0.5) is 11.4 Å². The van der Waals surface area contributed by atoms with Crippen molar-refractivity contribution in [1.29, 1.82) is 0 Å². The fraction of sp³-hybridized carbons (Fsp3) is 0.200. The van der Waals surface area contributed by atoms with Crippen LogP contribution in [0.2, 0.25) is 0 Å². The number of hydrogen-bond acceptors (Lipinski definition) is 7. The van der Waals surface area contributed by atoms with E-state index in [4.69, 9.17) is 13.9 Å². The van der Waals surface area contributed by atoms with Gasteiger partial charge in [0, 0.05) is 36.7 Å². The molecular weight excluding hydrogens is 378 g/mol. The summed E-state index contributed by atoms with van der Waals surface area (Å²) in [5, 5.41) is 13.4. The van der Waals surface area contributed by atoms with Crippen molar-refractivity contribution in [3.63, 3.8) is 0 Å². The van der Waals surface area contributed by atoms with Crippen LogP contribution in [-0.2, 0) is 11.2 Å². The van der Waals surface area contributed by atoms with Crippen molar-refractivity contribution in [2.24, 2.45) is 0 Å². The maximum atomic E-state index is 12.1. The fourth-order valence-corrected chi connectivity index (χ4v) is 2.69. The van der Waals surface area contributed by atoms with Gasteiger partial charge in [-0.1, -0.05) is 6.07 Å². The Bertz CT molecular complexity index is 1030. The van der Waals surface area contributed by atoms with Crippen LogP contribution in [0.3, 0.4) is 0 Å². The molecule has 1 amide bonds. The Balaban J connectivity index is 1.63. The second-order valence-corrected chi connectivity index (χ2v) is 6.04. The van der Waals surface area contributed by atoms with E-state index < -0.39 is 4.92 Å². The summed E-state index contributed by atoms with van der Waals surface area (Å²) in [4.78, 5) is 26.6. The first-order valence-corrected chi connectivity index (χ1v) is 8.71. The number of oxazole rings is 1. The maximum Gasteiger partial charge on any atom is 0.271 e. The molecule has 0 radical (unpaired) electrons. The summed E-state index contributed by atoms with van der Waals surface area (Å²) in [6.07, 6.45) is 1.96. The standard InChI is InChI=1S/C20H19N3O6/c1-27-15-6-7-16(17(11-15)28-2)18-12-21-20(29-18)9-8-19(24)22-13-4-3-5-14(10-13)23(25)26/h3-7,10-12H,8-9H2,1-2H3,(H,22,24). The summed E-state index contributed by atoms with van der Waals surface area (Å²) in [7, 11) is 3.12. The Morgan fingerprint density at radius 3 is 2.76 bits per heavy atom. The van der Waals surface area contributed by atoms with Crippen LogP contribution >= 0.6 is 0 Å². The van der Waals surface area contributed by atoms with Crippen molar-refractivity contribution in [3.05, 3.63) is 64.7 Å². The van der Waals surface area contributed by atoms with Gasteiger partial charge in [0.1, 0.15) is 11.5 Å². The van der Waals surface area contributed by atoms with Crippen LogP contribution < -0.4 is 14.8 Å². The predicted octanol–water partition coefficient (Wildman–Crippen LogP) is 3.84. The number of carbonyl (C=O) groups is 1. The van der Waals surface area contributed by atoms with Gasteiger partial charge in [-0.2, -0.15) is 0 Å². The SMILES string of the molecule is COc1ccc(-c2cnc(CCC(=O)Nc3cccc([N+](=O)[O-])c3)o2)c(OC)c1. The molecule has 1 heterocycles. The lowest BCUT2D eigenvalue weighted by Gasteiger charge is -2.08. The Hall–Kier alpha value is -3.88. The number of nitrogens with one attached hydrogen (secondary N) is 1. The molecule has 0 atom stereocenters. The molecule has 0 spiro atoms. The zero-order valence-electron chi connectivity index (χ0n) is 15.9. The van der Waals surface area contributed by atoms with E-state index in [1.807, 2.05) is 0 Å². The molecule has 0 aliphatic carbocycles. The number of nitrogens with zero attached hydrogens (tertiary/aromatic N) is 2. The van der Waals surface area contributed by atoms with E-state index in [2.05, 4.69) is 10.3 Å². The number of hydrogen-bond donors (Lipinski definition) is 1. The highest BCUT2D eigenvalue weighted by molar-refractivity contribution is 5.91. The maximum absolute atomic E-state index is 12.1. The molecule has 0 bridgehead atoms. The lowest BCUT2D eigenvalue weighted by molar-refractivity contribution is -0.384. The highest BCUT2D eigenvalue weighted by atomic mass is 16.6. The Morgan fingerprint density at radius 1 is 1.21 bits per heavy atom. The Kier molecular flexibility index (Phi) is 6.08. The van der Waals surface area contributed by atoms with Gasteiger partial charge in [-0.3, -0.25) is 14.9 Å². The van der Waals surface area contributed by atoms with Crippen molar-refractivity contribution in [2.75, 3.05) is 19.5 Å². The molecule has 0 fully saturated rings. The quantitative estimate of drug-likeness (QED) is 0.453. The molecule has 1 N–H and O–H groups in total. The molecule has 29 heavy (non-hydrogen) atoms. The average Bonchev–Trinajstić information content (AvgIpc) is 3.20. The summed E-state index contributed by atoms with van der Waals surface area (Å²) in [5.74, 6) is 1.84. The third-order valence-electron chi connectivity index (χ3n) is 4.13. The topological polar surface area (TPSA) is 117 Å². The molecule has 0 aliphatic rings. The molecule has 0 aliphatic heterocycles. The van der Waals surface area contributed by atoms with Gasteiger partial charge in [0.15, 0.2) is 11.7 Å². The van der Waals surface area contributed by atoms with Crippen molar-refractivity contribution < 1.29 is 23.6 Å².